The van der Waals surface area contributed by atoms with Crippen LogP contribution >= 0.6 is 0 Å². The molecule has 0 N–H and O–H groups in total. The standard InChI is InChI=1S/C39H25N/c1-2-10-27(11-3-1)38-33-16-8-9-17-34(33)39(37-25-40-23-22-35(37)38)28-20-18-26(19-21-28)36-24-29-12-4-5-13-30(29)31-14-6-7-15-32(31)36/h1-25H. The molecule has 0 saturated heterocycles. The third-order valence-electron chi connectivity index (χ3n) is 8.14. The van der Waals surface area contributed by atoms with Crippen molar-refractivity contribution >= 4 is 43.1 Å². The van der Waals surface area contributed by atoms with Gasteiger partial charge in [0.05, 0.1) is 0 Å². The largest absolute Gasteiger partial charge is 0.264 e. The topological polar surface area (TPSA) is 12.9 Å². The molecule has 0 saturated carbocycles. The number of aromatic nitrogens is 1. The van der Waals surface area contributed by atoms with Crippen LogP contribution < -0.4 is 0 Å². The van der Waals surface area contributed by atoms with Crippen molar-refractivity contribution in [2.45, 2.75) is 0 Å². The summed E-state index contributed by atoms with van der Waals surface area (Å²) in [5, 5.41) is 10.0. The van der Waals surface area contributed by atoms with E-state index in [1.165, 1.54) is 76.5 Å². The summed E-state index contributed by atoms with van der Waals surface area (Å²) in [6.45, 7) is 0. The lowest BCUT2D eigenvalue weighted by Gasteiger charge is -2.17. The van der Waals surface area contributed by atoms with Crippen LogP contribution in [0.3, 0.4) is 0 Å². The zero-order valence-corrected chi connectivity index (χ0v) is 21.9. The molecule has 0 atom stereocenters. The molecule has 1 heteroatoms. The SMILES string of the molecule is c1ccc(-c2c3ccccc3c(-c3ccc(-c4cc5ccccc5c5ccccc45)cc3)c3cnccc23)cc1. The van der Waals surface area contributed by atoms with E-state index in [9.17, 15) is 0 Å². The van der Waals surface area contributed by atoms with E-state index in [4.69, 9.17) is 0 Å². The monoisotopic (exact) mass is 507 g/mol. The first-order chi connectivity index (χ1) is 19.9. The minimum absolute atomic E-state index is 1.17. The molecule has 1 heterocycles. The fourth-order valence-corrected chi connectivity index (χ4v) is 6.36. The molecule has 40 heavy (non-hydrogen) atoms. The summed E-state index contributed by atoms with van der Waals surface area (Å²) < 4.78 is 0. The molecule has 7 aromatic carbocycles. The molecular weight excluding hydrogens is 482 g/mol. The second-order valence-electron chi connectivity index (χ2n) is 10.4. The Bertz CT molecular complexity index is 2140. The second kappa shape index (κ2) is 9.18. The van der Waals surface area contributed by atoms with Crippen LogP contribution in [0, 0.1) is 0 Å². The number of benzene rings is 7. The first kappa shape index (κ1) is 22.7. The Morgan fingerprint density at radius 1 is 0.350 bits per heavy atom. The van der Waals surface area contributed by atoms with Gasteiger partial charge in [-0.2, -0.15) is 0 Å². The highest BCUT2D eigenvalue weighted by atomic mass is 14.6. The minimum atomic E-state index is 1.17. The van der Waals surface area contributed by atoms with E-state index in [2.05, 4.69) is 145 Å². The highest BCUT2D eigenvalue weighted by molar-refractivity contribution is 6.21. The Balaban J connectivity index is 1.36. The summed E-state index contributed by atoms with van der Waals surface area (Å²) >= 11 is 0. The molecular formula is C39H25N. The number of hydrogen-bond acceptors (Lipinski definition) is 1. The number of rotatable bonds is 3. The first-order valence-corrected chi connectivity index (χ1v) is 13.7. The summed E-state index contributed by atoms with van der Waals surface area (Å²) in [5.41, 5.74) is 7.39. The Labute approximate surface area is 233 Å². The highest BCUT2D eigenvalue weighted by Gasteiger charge is 2.17. The van der Waals surface area contributed by atoms with Crippen LogP contribution in [-0.2, 0) is 0 Å². The molecule has 0 aliphatic heterocycles. The van der Waals surface area contributed by atoms with E-state index in [0.717, 1.165) is 0 Å². The summed E-state index contributed by atoms with van der Waals surface area (Å²) in [6, 6.07) is 50.4. The van der Waals surface area contributed by atoms with E-state index in [1.54, 1.807) is 0 Å². The van der Waals surface area contributed by atoms with Crippen molar-refractivity contribution in [2.75, 3.05) is 0 Å². The summed E-state index contributed by atoms with van der Waals surface area (Å²) in [7, 11) is 0. The molecule has 0 bridgehead atoms. The van der Waals surface area contributed by atoms with Crippen molar-refractivity contribution in [3.05, 3.63) is 152 Å². The van der Waals surface area contributed by atoms with E-state index in [0.29, 0.717) is 0 Å². The molecule has 0 radical (unpaired) electrons. The average molecular weight is 508 g/mol. The molecule has 8 rings (SSSR count). The lowest BCUT2D eigenvalue weighted by molar-refractivity contribution is 1.37. The van der Waals surface area contributed by atoms with E-state index >= 15 is 0 Å². The molecule has 0 fully saturated rings. The van der Waals surface area contributed by atoms with Gasteiger partial charge in [0.25, 0.3) is 0 Å². The predicted octanol–water partition coefficient (Wildman–Crippen LogP) is 10.7. The smallest absolute Gasteiger partial charge is 0.0353 e. The fourth-order valence-electron chi connectivity index (χ4n) is 6.36. The maximum absolute atomic E-state index is 4.57. The third kappa shape index (κ3) is 3.52. The number of hydrogen-bond donors (Lipinski definition) is 0. The average Bonchev–Trinajstić information content (AvgIpc) is 3.04. The van der Waals surface area contributed by atoms with Crippen LogP contribution in [-0.4, -0.2) is 4.98 Å². The van der Waals surface area contributed by atoms with Gasteiger partial charge in [0.2, 0.25) is 0 Å². The normalized spacial score (nSPS) is 11.5. The van der Waals surface area contributed by atoms with Crippen molar-refractivity contribution in [1.29, 1.82) is 0 Å². The van der Waals surface area contributed by atoms with Gasteiger partial charge in [-0.25, -0.2) is 0 Å². The van der Waals surface area contributed by atoms with Gasteiger partial charge in [0.1, 0.15) is 0 Å². The van der Waals surface area contributed by atoms with Crippen LogP contribution in [0.4, 0.5) is 0 Å². The molecule has 8 aromatic rings. The van der Waals surface area contributed by atoms with Crippen LogP contribution in [0.15, 0.2) is 152 Å². The Morgan fingerprint density at radius 3 is 1.62 bits per heavy atom. The van der Waals surface area contributed by atoms with E-state index in [1.807, 2.05) is 12.4 Å². The Hall–Kier alpha value is -5.27. The zero-order chi connectivity index (χ0) is 26.5. The highest BCUT2D eigenvalue weighted by Crippen LogP contribution is 2.44. The third-order valence-corrected chi connectivity index (χ3v) is 8.14. The fraction of sp³-hybridized carbons (Fsp3) is 0. The molecule has 0 aliphatic rings. The van der Waals surface area contributed by atoms with Crippen molar-refractivity contribution in [3.63, 3.8) is 0 Å². The van der Waals surface area contributed by atoms with Crippen LogP contribution in [0.5, 0.6) is 0 Å². The van der Waals surface area contributed by atoms with Gasteiger partial charge in [-0.05, 0) is 83.2 Å². The molecule has 0 spiro atoms. The molecule has 1 nitrogen and oxygen atoms in total. The van der Waals surface area contributed by atoms with E-state index < -0.39 is 0 Å². The van der Waals surface area contributed by atoms with Crippen molar-refractivity contribution in [1.82, 2.24) is 4.98 Å². The van der Waals surface area contributed by atoms with E-state index in [-0.39, 0.29) is 0 Å². The second-order valence-corrected chi connectivity index (χ2v) is 10.4. The van der Waals surface area contributed by atoms with Gasteiger partial charge < -0.3 is 0 Å². The Morgan fingerprint density at radius 2 is 0.875 bits per heavy atom. The van der Waals surface area contributed by atoms with Gasteiger partial charge in [0, 0.05) is 17.8 Å². The maximum atomic E-state index is 4.57. The molecule has 0 aliphatic carbocycles. The summed E-state index contributed by atoms with van der Waals surface area (Å²) in [4.78, 5) is 4.57. The van der Waals surface area contributed by atoms with Gasteiger partial charge in [-0.1, -0.05) is 127 Å². The zero-order valence-electron chi connectivity index (χ0n) is 21.9. The van der Waals surface area contributed by atoms with Gasteiger partial charge in [0.15, 0.2) is 0 Å². The first-order valence-electron chi connectivity index (χ1n) is 13.7. The molecule has 186 valence electrons. The maximum Gasteiger partial charge on any atom is 0.0353 e. The van der Waals surface area contributed by atoms with Gasteiger partial charge >= 0.3 is 0 Å². The van der Waals surface area contributed by atoms with Crippen molar-refractivity contribution < 1.29 is 0 Å². The molecule has 0 amide bonds. The summed E-state index contributed by atoms with van der Waals surface area (Å²) in [5.74, 6) is 0. The molecule has 0 unspecified atom stereocenters. The van der Waals surface area contributed by atoms with Crippen LogP contribution in [0.25, 0.3) is 76.5 Å². The lowest BCUT2D eigenvalue weighted by Crippen LogP contribution is -1.91. The lowest BCUT2D eigenvalue weighted by atomic mass is 9.86. The predicted molar refractivity (Wildman–Crippen MR) is 171 cm³/mol. The minimum Gasteiger partial charge on any atom is -0.264 e. The number of nitrogens with zero attached hydrogens (tertiary/aromatic N) is 1. The van der Waals surface area contributed by atoms with Crippen molar-refractivity contribution in [2.24, 2.45) is 0 Å². The number of pyridine rings is 1. The van der Waals surface area contributed by atoms with Gasteiger partial charge in [-0.3, -0.25) is 4.98 Å². The summed E-state index contributed by atoms with van der Waals surface area (Å²) in [6.07, 6.45) is 3.93. The van der Waals surface area contributed by atoms with Gasteiger partial charge in [-0.15, -0.1) is 0 Å². The Kier molecular flexibility index (Phi) is 5.21. The quantitative estimate of drug-likeness (QED) is 0.171. The van der Waals surface area contributed by atoms with Crippen LogP contribution in [0.1, 0.15) is 0 Å². The van der Waals surface area contributed by atoms with Crippen molar-refractivity contribution in [3.8, 4) is 33.4 Å². The van der Waals surface area contributed by atoms with Crippen LogP contribution in [0.2, 0.25) is 0 Å². The number of fused-ring (bicyclic) bond motifs is 5. The molecule has 1 aromatic heterocycles.